The summed E-state index contributed by atoms with van der Waals surface area (Å²) in [5.74, 6) is 0.598. The largest absolute Gasteiger partial charge is 0.338 e. The van der Waals surface area contributed by atoms with Crippen LogP contribution in [-0.4, -0.2) is 30.4 Å². The zero-order valence-corrected chi connectivity index (χ0v) is 12.8. The van der Waals surface area contributed by atoms with E-state index >= 15 is 0 Å². The van der Waals surface area contributed by atoms with E-state index in [-0.39, 0.29) is 18.3 Å². The lowest BCUT2D eigenvalue weighted by Crippen LogP contribution is -2.30. The molecular weight excluding hydrogens is 316 g/mol. The van der Waals surface area contributed by atoms with E-state index in [0.717, 1.165) is 35.1 Å². The van der Waals surface area contributed by atoms with Crippen molar-refractivity contribution in [2.75, 3.05) is 19.6 Å². The summed E-state index contributed by atoms with van der Waals surface area (Å²) in [6, 6.07) is 5.78. The van der Waals surface area contributed by atoms with E-state index in [1.807, 2.05) is 30.0 Å². The predicted octanol–water partition coefficient (Wildman–Crippen LogP) is 2.60. The first-order valence-corrected chi connectivity index (χ1v) is 6.66. The zero-order chi connectivity index (χ0) is 12.4. The maximum Gasteiger partial charge on any atom is 0.254 e. The lowest BCUT2D eigenvalue weighted by Gasteiger charge is -2.17. The van der Waals surface area contributed by atoms with E-state index in [9.17, 15) is 4.79 Å². The lowest BCUT2D eigenvalue weighted by molar-refractivity contribution is 0.0787. The molecule has 1 fully saturated rings. The Balaban J connectivity index is 0.00000162. The summed E-state index contributed by atoms with van der Waals surface area (Å²) in [7, 11) is 0. The zero-order valence-electron chi connectivity index (χ0n) is 10.4. The maximum absolute atomic E-state index is 12.3. The highest BCUT2D eigenvalue weighted by molar-refractivity contribution is 9.10. The summed E-state index contributed by atoms with van der Waals surface area (Å²) in [6.07, 6.45) is 1.03. The number of hydrogen-bond donors (Lipinski definition) is 1. The van der Waals surface area contributed by atoms with Crippen molar-refractivity contribution in [3.8, 4) is 0 Å². The highest BCUT2D eigenvalue weighted by Gasteiger charge is 2.26. The number of carbonyl (C=O) groups excluding carboxylic acids is 1. The average molecular weight is 334 g/mol. The highest BCUT2D eigenvalue weighted by Crippen LogP contribution is 2.21. The van der Waals surface area contributed by atoms with Crippen molar-refractivity contribution in [1.29, 1.82) is 0 Å². The van der Waals surface area contributed by atoms with E-state index in [1.54, 1.807) is 0 Å². The fraction of sp³-hybridized carbons (Fsp3) is 0.462. The Bertz CT molecular complexity index is 439. The second-order valence-electron chi connectivity index (χ2n) is 4.60. The van der Waals surface area contributed by atoms with Crippen LogP contribution in [0, 0.1) is 12.8 Å². The van der Waals surface area contributed by atoms with Crippen LogP contribution in [0.3, 0.4) is 0 Å². The van der Waals surface area contributed by atoms with Crippen molar-refractivity contribution in [3.05, 3.63) is 33.8 Å². The van der Waals surface area contributed by atoms with Gasteiger partial charge in [-0.25, -0.2) is 0 Å². The molecule has 3 nitrogen and oxygen atoms in total. The van der Waals surface area contributed by atoms with Gasteiger partial charge in [-0.1, -0.05) is 15.9 Å². The number of rotatable bonds is 2. The summed E-state index contributed by atoms with van der Waals surface area (Å²) in [4.78, 5) is 14.2. The number of halogens is 2. The SMILES string of the molecule is Cc1cc(Br)ccc1C(=O)N1CCC(CN)C1.Cl. The maximum atomic E-state index is 12.3. The lowest BCUT2D eigenvalue weighted by atomic mass is 10.1. The molecule has 100 valence electrons. The highest BCUT2D eigenvalue weighted by atomic mass is 79.9. The minimum atomic E-state index is 0. The number of aryl methyl sites for hydroxylation is 1. The fourth-order valence-electron chi connectivity index (χ4n) is 2.25. The molecule has 1 unspecified atom stereocenters. The van der Waals surface area contributed by atoms with Gasteiger partial charge in [0, 0.05) is 23.1 Å². The third kappa shape index (κ3) is 3.25. The standard InChI is InChI=1S/C13H17BrN2O.ClH/c1-9-6-11(14)2-3-12(9)13(17)16-5-4-10(7-15)8-16;/h2-3,6,10H,4-5,7-8,15H2,1H3;1H. The first-order chi connectivity index (χ1) is 8.11. The van der Waals surface area contributed by atoms with E-state index in [1.165, 1.54) is 0 Å². The van der Waals surface area contributed by atoms with Gasteiger partial charge in [-0.3, -0.25) is 4.79 Å². The number of carbonyl (C=O) groups is 1. The topological polar surface area (TPSA) is 46.3 Å². The first-order valence-electron chi connectivity index (χ1n) is 5.87. The van der Waals surface area contributed by atoms with Crippen LogP contribution < -0.4 is 5.73 Å². The normalized spacial score (nSPS) is 18.6. The predicted molar refractivity (Wildman–Crippen MR) is 79.2 cm³/mol. The quantitative estimate of drug-likeness (QED) is 0.904. The molecule has 1 aromatic rings. The number of amides is 1. The molecule has 1 aliphatic rings. The summed E-state index contributed by atoms with van der Waals surface area (Å²) < 4.78 is 1.01. The molecule has 5 heteroatoms. The van der Waals surface area contributed by atoms with E-state index in [0.29, 0.717) is 12.5 Å². The Hall–Kier alpha value is -0.580. The van der Waals surface area contributed by atoms with Crippen molar-refractivity contribution >= 4 is 34.2 Å². The van der Waals surface area contributed by atoms with Gasteiger partial charge < -0.3 is 10.6 Å². The third-order valence-corrected chi connectivity index (χ3v) is 3.82. The van der Waals surface area contributed by atoms with Crippen LogP contribution in [0.5, 0.6) is 0 Å². The smallest absolute Gasteiger partial charge is 0.254 e. The van der Waals surface area contributed by atoms with Crippen LogP contribution in [-0.2, 0) is 0 Å². The van der Waals surface area contributed by atoms with Gasteiger partial charge in [-0.05, 0) is 49.6 Å². The van der Waals surface area contributed by atoms with Gasteiger partial charge in [0.1, 0.15) is 0 Å². The Kier molecular flexibility index (Phi) is 5.63. The van der Waals surface area contributed by atoms with Crippen molar-refractivity contribution in [2.24, 2.45) is 11.7 Å². The Labute approximate surface area is 122 Å². The monoisotopic (exact) mass is 332 g/mol. The fourth-order valence-corrected chi connectivity index (χ4v) is 2.72. The van der Waals surface area contributed by atoms with Crippen LogP contribution in [0.2, 0.25) is 0 Å². The minimum absolute atomic E-state index is 0. The number of likely N-dealkylation sites (tertiary alicyclic amines) is 1. The molecule has 0 saturated carbocycles. The van der Waals surface area contributed by atoms with Gasteiger partial charge in [0.25, 0.3) is 5.91 Å². The molecular formula is C13H18BrClN2O. The summed E-state index contributed by atoms with van der Waals surface area (Å²) in [5, 5.41) is 0. The Morgan fingerprint density at radius 3 is 2.83 bits per heavy atom. The second kappa shape index (κ2) is 6.55. The van der Waals surface area contributed by atoms with Crippen molar-refractivity contribution < 1.29 is 4.79 Å². The molecule has 0 radical (unpaired) electrons. The van der Waals surface area contributed by atoms with Crippen LogP contribution >= 0.6 is 28.3 Å². The molecule has 0 aliphatic carbocycles. The molecule has 0 aromatic heterocycles. The van der Waals surface area contributed by atoms with Crippen LogP contribution in [0.25, 0.3) is 0 Å². The average Bonchev–Trinajstić information content (AvgIpc) is 2.76. The molecule has 0 spiro atoms. The van der Waals surface area contributed by atoms with Crippen LogP contribution in [0.4, 0.5) is 0 Å². The Morgan fingerprint density at radius 2 is 2.28 bits per heavy atom. The molecule has 1 atom stereocenters. The number of nitrogens with zero attached hydrogens (tertiary/aromatic N) is 1. The van der Waals surface area contributed by atoms with Crippen molar-refractivity contribution in [1.82, 2.24) is 4.90 Å². The number of benzene rings is 1. The molecule has 0 bridgehead atoms. The summed E-state index contributed by atoms with van der Waals surface area (Å²) in [5.41, 5.74) is 7.45. The van der Waals surface area contributed by atoms with Gasteiger partial charge in [0.15, 0.2) is 0 Å². The van der Waals surface area contributed by atoms with Gasteiger partial charge >= 0.3 is 0 Å². The van der Waals surface area contributed by atoms with Gasteiger partial charge in [0.2, 0.25) is 0 Å². The Morgan fingerprint density at radius 1 is 1.56 bits per heavy atom. The minimum Gasteiger partial charge on any atom is -0.338 e. The van der Waals surface area contributed by atoms with Crippen LogP contribution in [0.1, 0.15) is 22.3 Å². The van der Waals surface area contributed by atoms with Crippen molar-refractivity contribution in [2.45, 2.75) is 13.3 Å². The van der Waals surface area contributed by atoms with Gasteiger partial charge in [-0.2, -0.15) is 0 Å². The molecule has 1 amide bonds. The molecule has 18 heavy (non-hydrogen) atoms. The van der Waals surface area contributed by atoms with Crippen LogP contribution in [0.15, 0.2) is 22.7 Å². The number of hydrogen-bond acceptors (Lipinski definition) is 2. The van der Waals surface area contributed by atoms with Gasteiger partial charge in [-0.15, -0.1) is 12.4 Å². The van der Waals surface area contributed by atoms with E-state index < -0.39 is 0 Å². The molecule has 1 aliphatic heterocycles. The van der Waals surface area contributed by atoms with E-state index in [4.69, 9.17) is 5.73 Å². The summed E-state index contributed by atoms with van der Waals surface area (Å²) in [6.45, 7) is 4.26. The molecule has 1 heterocycles. The first kappa shape index (κ1) is 15.5. The third-order valence-electron chi connectivity index (χ3n) is 3.33. The van der Waals surface area contributed by atoms with E-state index in [2.05, 4.69) is 15.9 Å². The van der Waals surface area contributed by atoms with Crippen molar-refractivity contribution in [3.63, 3.8) is 0 Å². The molecule has 1 aromatic carbocycles. The molecule has 1 saturated heterocycles. The second-order valence-corrected chi connectivity index (χ2v) is 5.52. The molecule has 2 N–H and O–H groups in total. The number of nitrogens with two attached hydrogens (primary N) is 1. The molecule has 2 rings (SSSR count). The van der Waals surface area contributed by atoms with Gasteiger partial charge in [0.05, 0.1) is 0 Å². The summed E-state index contributed by atoms with van der Waals surface area (Å²) >= 11 is 3.41.